The number of guanidine groups is 1. The molecule has 1 atom stereocenters. The first-order valence-corrected chi connectivity index (χ1v) is 10.0. The SMILES string of the molecule is CCNC(=NCc1ccc(S(=O)(=O)NC)cc1)N1CCCC(C)C1.I. The number of benzene rings is 1. The van der Waals surface area contributed by atoms with Crippen LogP contribution in [0.3, 0.4) is 0 Å². The van der Waals surface area contributed by atoms with E-state index in [0.29, 0.717) is 12.5 Å². The van der Waals surface area contributed by atoms with Crippen LogP contribution in [0.2, 0.25) is 0 Å². The van der Waals surface area contributed by atoms with E-state index in [4.69, 9.17) is 4.99 Å². The molecule has 1 fully saturated rings. The Balaban J connectivity index is 0.00000312. The second kappa shape index (κ2) is 10.3. The number of rotatable bonds is 5. The molecule has 6 nitrogen and oxygen atoms in total. The number of piperidine rings is 1. The number of likely N-dealkylation sites (tertiary alicyclic amines) is 1. The molecule has 2 rings (SSSR count). The number of hydrogen-bond donors (Lipinski definition) is 2. The van der Waals surface area contributed by atoms with Crippen LogP contribution in [0, 0.1) is 5.92 Å². The van der Waals surface area contributed by atoms with Gasteiger partial charge in [0.15, 0.2) is 5.96 Å². The molecule has 0 bridgehead atoms. The highest BCUT2D eigenvalue weighted by atomic mass is 127. The summed E-state index contributed by atoms with van der Waals surface area (Å²) in [5, 5.41) is 3.36. The minimum Gasteiger partial charge on any atom is -0.357 e. The summed E-state index contributed by atoms with van der Waals surface area (Å²) in [6.45, 7) is 7.79. The van der Waals surface area contributed by atoms with E-state index < -0.39 is 10.0 Å². The highest BCUT2D eigenvalue weighted by Gasteiger charge is 2.19. The van der Waals surface area contributed by atoms with Crippen LogP contribution in [-0.2, 0) is 16.6 Å². The molecule has 0 amide bonds. The number of nitrogens with one attached hydrogen (secondary N) is 2. The van der Waals surface area contributed by atoms with Crippen LogP contribution in [0.1, 0.15) is 32.3 Å². The molecule has 0 aliphatic carbocycles. The van der Waals surface area contributed by atoms with Crippen molar-refractivity contribution in [1.82, 2.24) is 14.9 Å². The zero-order chi connectivity index (χ0) is 17.6. The standard InChI is InChI=1S/C17H28N4O2S.HI/c1-4-19-17(21-11-5-6-14(2)13-21)20-12-15-7-9-16(10-8-15)24(22,23)18-3;/h7-10,14,18H,4-6,11-13H2,1-3H3,(H,19,20);1H. The van der Waals surface area contributed by atoms with Crippen LogP contribution < -0.4 is 10.0 Å². The summed E-state index contributed by atoms with van der Waals surface area (Å²) in [4.78, 5) is 7.31. The zero-order valence-electron chi connectivity index (χ0n) is 15.2. The van der Waals surface area contributed by atoms with Crippen molar-refractivity contribution in [3.8, 4) is 0 Å². The molecular formula is C17H29IN4O2S. The molecule has 1 aliphatic rings. The lowest BCUT2D eigenvalue weighted by Crippen LogP contribution is -2.46. The maximum atomic E-state index is 11.7. The van der Waals surface area contributed by atoms with Crippen LogP contribution in [0.5, 0.6) is 0 Å². The average Bonchev–Trinajstić information content (AvgIpc) is 2.59. The van der Waals surface area contributed by atoms with Crippen LogP contribution in [0.15, 0.2) is 34.2 Å². The maximum absolute atomic E-state index is 11.7. The molecule has 142 valence electrons. The van der Waals surface area contributed by atoms with Gasteiger partial charge >= 0.3 is 0 Å². The van der Waals surface area contributed by atoms with Crippen LogP contribution >= 0.6 is 24.0 Å². The van der Waals surface area contributed by atoms with Gasteiger partial charge in [-0.25, -0.2) is 18.1 Å². The normalized spacial score (nSPS) is 18.6. The van der Waals surface area contributed by atoms with Gasteiger partial charge in [0.05, 0.1) is 11.4 Å². The van der Waals surface area contributed by atoms with Crippen molar-refractivity contribution >= 4 is 40.0 Å². The Morgan fingerprint density at radius 1 is 1.32 bits per heavy atom. The van der Waals surface area contributed by atoms with Crippen molar-refractivity contribution in [3.63, 3.8) is 0 Å². The van der Waals surface area contributed by atoms with Gasteiger partial charge in [0, 0.05) is 19.6 Å². The van der Waals surface area contributed by atoms with E-state index >= 15 is 0 Å². The summed E-state index contributed by atoms with van der Waals surface area (Å²) in [6.07, 6.45) is 2.47. The Morgan fingerprint density at radius 3 is 2.56 bits per heavy atom. The van der Waals surface area contributed by atoms with E-state index in [9.17, 15) is 8.42 Å². The largest absolute Gasteiger partial charge is 0.357 e. The van der Waals surface area contributed by atoms with E-state index in [1.165, 1.54) is 19.9 Å². The van der Waals surface area contributed by atoms with E-state index in [2.05, 4.69) is 28.8 Å². The monoisotopic (exact) mass is 480 g/mol. The maximum Gasteiger partial charge on any atom is 0.240 e. The van der Waals surface area contributed by atoms with E-state index in [0.717, 1.165) is 31.2 Å². The van der Waals surface area contributed by atoms with Crippen molar-refractivity contribution < 1.29 is 8.42 Å². The molecule has 25 heavy (non-hydrogen) atoms. The predicted octanol–water partition coefficient (Wildman–Crippen LogP) is 2.41. The fourth-order valence-corrected chi connectivity index (χ4v) is 3.60. The number of hydrogen-bond acceptors (Lipinski definition) is 3. The first-order valence-electron chi connectivity index (χ1n) is 8.52. The lowest BCUT2D eigenvalue weighted by atomic mass is 10.0. The van der Waals surface area contributed by atoms with Gasteiger partial charge in [-0.05, 0) is 50.4 Å². The second-order valence-corrected chi connectivity index (χ2v) is 8.10. The minimum absolute atomic E-state index is 0. The Hall–Kier alpha value is -0.870. The van der Waals surface area contributed by atoms with Crippen molar-refractivity contribution in [2.24, 2.45) is 10.9 Å². The lowest BCUT2D eigenvalue weighted by molar-refractivity contribution is 0.266. The summed E-state index contributed by atoms with van der Waals surface area (Å²) < 4.78 is 25.8. The van der Waals surface area contributed by atoms with Crippen LogP contribution in [0.25, 0.3) is 0 Å². The van der Waals surface area contributed by atoms with Gasteiger partial charge in [0.25, 0.3) is 0 Å². The smallest absolute Gasteiger partial charge is 0.240 e. The van der Waals surface area contributed by atoms with Crippen LogP contribution in [-0.4, -0.2) is 46.0 Å². The summed E-state index contributed by atoms with van der Waals surface area (Å²) in [5.41, 5.74) is 0.991. The zero-order valence-corrected chi connectivity index (χ0v) is 18.3. The Morgan fingerprint density at radius 2 is 2.00 bits per heavy atom. The van der Waals surface area contributed by atoms with E-state index in [-0.39, 0.29) is 28.9 Å². The highest BCUT2D eigenvalue weighted by molar-refractivity contribution is 14.0. The molecule has 1 heterocycles. The Kier molecular flexibility index (Phi) is 9.15. The van der Waals surface area contributed by atoms with Gasteiger partial charge in [-0.15, -0.1) is 24.0 Å². The average molecular weight is 480 g/mol. The van der Waals surface area contributed by atoms with Crippen LogP contribution in [0.4, 0.5) is 0 Å². The number of aliphatic imine (C=N–C) groups is 1. The van der Waals surface area contributed by atoms with Gasteiger partial charge in [0.1, 0.15) is 0 Å². The first kappa shape index (κ1) is 22.2. The number of nitrogens with zero attached hydrogens (tertiary/aromatic N) is 2. The number of sulfonamides is 1. The summed E-state index contributed by atoms with van der Waals surface area (Å²) in [5.74, 6) is 1.63. The third-order valence-electron chi connectivity index (χ3n) is 4.21. The van der Waals surface area contributed by atoms with E-state index in [1.807, 2.05) is 12.1 Å². The molecule has 1 aliphatic heterocycles. The molecule has 0 spiro atoms. The predicted molar refractivity (Wildman–Crippen MR) is 113 cm³/mol. The van der Waals surface area contributed by atoms with Gasteiger partial charge in [0.2, 0.25) is 10.0 Å². The van der Waals surface area contributed by atoms with Crippen molar-refractivity contribution in [3.05, 3.63) is 29.8 Å². The fourth-order valence-electron chi connectivity index (χ4n) is 2.87. The molecule has 0 aromatic heterocycles. The topological polar surface area (TPSA) is 73.8 Å². The van der Waals surface area contributed by atoms with E-state index in [1.54, 1.807) is 12.1 Å². The molecule has 1 saturated heterocycles. The third kappa shape index (κ3) is 6.41. The fraction of sp³-hybridized carbons (Fsp3) is 0.588. The molecule has 1 aromatic rings. The summed E-state index contributed by atoms with van der Waals surface area (Å²) >= 11 is 0. The van der Waals surface area contributed by atoms with Gasteiger partial charge in [-0.2, -0.15) is 0 Å². The number of halogens is 1. The molecule has 0 saturated carbocycles. The quantitative estimate of drug-likeness (QED) is 0.386. The van der Waals surface area contributed by atoms with Crippen molar-refractivity contribution in [2.45, 2.75) is 38.1 Å². The molecule has 1 aromatic carbocycles. The molecule has 2 N–H and O–H groups in total. The van der Waals surface area contributed by atoms with Gasteiger partial charge in [-0.1, -0.05) is 19.1 Å². The lowest BCUT2D eigenvalue weighted by Gasteiger charge is -2.33. The molecule has 0 radical (unpaired) electrons. The summed E-state index contributed by atoms with van der Waals surface area (Å²) in [7, 11) is -1.97. The second-order valence-electron chi connectivity index (χ2n) is 6.22. The summed E-state index contributed by atoms with van der Waals surface area (Å²) in [6, 6.07) is 6.87. The Labute approximate surface area is 168 Å². The minimum atomic E-state index is -3.38. The first-order chi connectivity index (χ1) is 11.5. The highest BCUT2D eigenvalue weighted by Crippen LogP contribution is 2.16. The molecule has 8 heteroatoms. The third-order valence-corrected chi connectivity index (χ3v) is 5.64. The van der Waals surface area contributed by atoms with Crippen molar-refractivity contribution in [2.75, 3.05) is 26.7 Å². The Bertz CT molecular complexity index is 662. The molecular weight excluding hydrogens is 451 g/mol. The van der Waals surface area contributed by atoms with Gasteiger partial charge < -0.3 is 10.2 Å². The van der Waals surface area contributed by atoms with Gasteiger partial charge in [-0.3, -0.25) is 0 Å². The van der Waals surface area contributed by atoms with Crippen molar-refractivity contribution in [1.29, 1.82) is 0 Å². The molecule has 1 unspecified atom stereocenters.